The third-order valence-electron chi connectivity index (χ3n) is 4.83. The molecule has 0 N–H and O–H groups in total. The number of hydrogen-bond acceptors (Lipinski definition) is 3. The summed E-state index contributed by atoms with van der Waals surface area (Å²) in [5.74, 6) is -0.139. The summed E-state index contributed by atoms with van der Waals surface area (Å²) in [6.07, 6.45) is 3.00. The standard InChI is InChI=1S/C24H22FNO2/c25-22-10-4-5-12-24(22)27-15-16-28-26-23-11-6-9-20-17-19(13-14-21(20)23)18-7-2-1-3-8-18/h1-5,7-8,10,12-14,17H,6,9,11,15-16H2/b26-23+. The van der Waals surface area contributed by atoms with Crippen LogP contribution < -0.4 is 4.74 Å². The molecular weight excluding hydrogens is 353 g/mol. The summed E-state index contributed by atoms with van der Waals surface area (Å²) in [6.45, 7) is 0.521. The Morgan fingerprint density at radius 2 is 1.64 bits per heavy atom. The highest BCUT2D eigenvalue weighted by Gasteiger charge is 2.17. The lowest BCUT2D eigenvalue weighted by Crippen LogP contribution is -2.13. The normalized spacial score (nSPS) is 14.5. The van der Waals surface area contributed by atoms with Crippen molar-refractivity contribution >= 4 is 5.71 Å². The average Bonchev–Trinajstić information content (AvgIpc) is 2.75. The predicted octanol–water partition coefficient (Wildman–Crippen LogP) is 5.63. The van der Waals surface area contributed by atoms with Gasteiger partial charge in [-0.3, -0.25) is 0 Å². The summed E-state index contributed by atoms with van der Waals surface area (Å²) < 4.78 is 18.9. The Labute approximate surface area is 164 Å². The van der Waals surface area contributed by atoms with Crippen LogP contribution in [0.5, 0.6) is 5.75 Å². The first-order valence-electron chi connectivity index (χ1n) is 9.56. The highest BCUT2D eigenvalue weighted by Crippen LogP contribution is 2.28. The first-order valence-corrected chi connectivity index (χ1v) is 9.56. The van der Waals surface area contributed by atoms with E-state index in [1.807, 2.05) is 6.07 Å². The average molecular weight is 375 g/mol. The Kier molecular flexibility index (Phi) is 5.66. The Hall–Kier alpha value is -3.14. The zero-order chi connectivity index (χ0) is 19.2. The van der Waals surface area contributed by atoms with E-state index in [0.717, 1.165) is 30.5 Å². The smallest absolute Gasteiger partial charge is 0.165 e. The second-order valence-electron chi connectivity index (χ2n) is 6.74. The van der Waals surface area contributed by atoms with Gasteiger partial charge < -0.3 is 9.57 Å². The molecule has 0 atom stereocenters. The molecule has 0 saturated heterocycles. The summed E-state index contributed by atoms with van der Waals surface area (Å²) in [5, 5.41) is 4.32. The van der Waals surface area contributed by atoms with Gasteiger partial charge in [-0.25, -0.2) is 4.39 Å². The number of fused-ring (bicyclic) bond motifs is 1. The van der Waals surface area contributed by atoms with Crippen molar-refractivity contribution in [1.29, 1.82) is 0 Å². The van der Waals surface area contributed by atoms with Crippen LogP contribution in [0.1, 0.15) is 24.0 Å². The molecule has 1 aliphatic rings. The summed E-state index contributed by atoms with van der Waals surface area (Å²) >= 11 is 0. The zero-order valence-corrected chi connectivity index (χ0v) is 15.6. The van der Waals surface area contributed by atoms with Gasteiger partial charge in [-0.1, -0.05) is 65.8 Å². The fraction of sp³-hybridized carbons (Fsp3) is 0.208. The number of rotatable bonds is 6. The molecule has 4 rings (SSSR count). The van der Waals surface area contributed by atoms with E-state index in [2.05, 4.69) is 47.6 Å². The minimum atomic E-state index is -0.371. The van der Waals surface area contributed by atoms with Crippen molar-refractivity contribution in [3.63, 3.8) is 0 Å². The molecular formula is C24H22FNO2. The molecule has 0 bridgehead atoms. The van der Waals surface area contributed by atoms with Gasteiger partial charge in [-0.2, -0.15) is 0 Å². The van der Waals surface area contributed by atoms with E-state index >= 15 is 0 Å². The Morgan fingerprint density at radius 1 is 0.821 bits per heavy atom. The van der Waals surface area contributed by atoms with Crippen LogP contribution in [-0.2, 0) is 11.3 Å². The van der Waals surface area contributed by atoms with E-state index in [0.29, 0.717) is 0 Å². The van der Waals surface area contributed by atoms with E-state index in [4.69, 9.17) is 9.57 Å². The van der Waals surface area contributed by atoms with Crippen molar-refractivity contribution in [1.82, 2.24) is 0 Å². The maximum absolute atomic E-state index is 13.5. The Balaban J connectivity index is 1.39. The topological polar surface area (TPSA) is 30.8 Å². The van der Waals surface area contributed by atoms with Crippen molar-refractivity contribution in [2.45, 2.75) is 19.3 Å². The number of oxime groups is 1. The molecule has 0 radical (unpaired) electrons. The van der Waals surface area contributed by atoms with E-state index in [1.54, 1.807) is 18.2 Å². The Morgan fingerprint density at radius 3 is 2.50 bits per heavy atom. The maximum atomic E-state index is 13.5. The van der Waals surface area contributed by atoms with Crippen LogP contribution in [0.3, 0.4) is 0 Å². The Bertz CT molecular complexity index is 969. The molecule has 3 aromatic carbocycles. The number of hydrogen-bond donors (Lipinski definition) is 0. The highest BCUT2D eigenvalue weighted by atomic mass is 19.1. The monoisotopic (exact) mass is 375 g/mol. The predicted molar refractivity (Wildman–Crippen MR) is 109 cm³/mol. The van der Waals surface area contributed by atoms with Gasteiger partial charge in [0.2, 0.25) is 0 Å². The highest BCUT2D eigenvalue weighted by molar-refractivity contribution is 6.02. The van der Waals surface area contributed by atoms with Gasteiger partial charge in [-0.05, 0) is 48.1 Å². The van der Waals surface area contributed by atoms with Gasteiger partial charge in [0.25, 0.3) is 0 Å². The third-order valence-corrected chi connectivity index (χ3v) is 4.83. The largest absolute Gasteiger partial charge is 0.487 e. The number of halogens is 1. The molecule has 0 heterocycles. The number of para-hydroxylation sites is 1. The van der Waals surface area contributed by atoms with E-state index in [9.17, 15) is 4.39 Å². The number of ether oxygens (including phenoxy) is 1. The minimum Gasteiger partial charge on any atom is -0.487 e. The quantitative estimate of drug-likeness (QED) is 0.413. The number of nitrogens with zero attached hydrogens (tertiary/aromatic N) is 1. The zero-order valence-electron chi connectivity index (χ0n) is 15.6. The van der Waals surface area contributed by atoms with Crippen LogP contribution in [-0.4, -0.2) is 18.9 Å². The van der Waals surface area contributed by atoms with Crippen LogP contribution >= 0.6 is 0 Å². The van der Waals surface area contributed by atoms with E-state index < -0.39 is 0 Å². The molecule has 0 amide bonds. The molecule has 0 spiro atoms. The minimum absolute atomic E-state index is 0.232. The SMILES string of the molecule is Fc1ccccc1OCCO/N=C1\CCCc2cc(-c3ccccc3)ccc21. The third kappa shape index (κ3) is 4.22. The molecule has 0 aromatic heterocycles. The molecule has 0 fully saturated rings. The van der Waals surface area contributed by atoms with E-state index in [1.165, 1.54) is 22.8 Å². The second-order valence-corrected chi connectivity index (χ2v) is 6.74. The lowest BCUT2D eigenvalue weighted by atomic mass is 9.88. The van der Waals surface area contributed by atoms with Crippen LogP contribution in [0, 0.1) is 5.82 Å². The van der Waals surface area contributed by atoms with Gasteiger partial charge in [0.05, 0.1) is 5.71 Å². The molecule has 1 aliphatic carbocycles. The lowest BCUT2D eigenvalue weighted by Gasteiger charge is -2.18. The number of benzene rings is 3. The summed E-state index contributed by atoms with van der Waals surface area (Å²) in [4.78, 5) is 5.45. The van der Waals surface area contributed by atoms with Crippen molar-refractivity contribution in [2.75, 3.05) is 13.2 Å². The molecule has 4 heteroatoms. The summed E-state index contributed by atoms with van der Waals surface area (Å²) in [6, 6.07) is 23.2. The molecule has 0 unspecified atom stereocenters. The van der Waals surface area contributed by atoms with Gasteiger partial charge in [0, 0.05) is 5.56 Å². The first kappa shape index (κ1) is 18.2. The van der Waals surface area contributed by atoms with Crippen molar-refractivity contribution in [3.05, 3.63) is 89.7 Å². The van der Waals surface area contributed by atoms with Crippen LogP contribution in [0.25, 0.3) is 11.1 Å². The second kappa shape index (κ2) is 8.70. The fourth-order valence-electron chi connectivity index (χ4n) is 3.44. The van der Waals surface area contributed by atoms with Crippen LogP contribution in [0.15, 0.2) is 78.0 Å². The van der Waals surface area contributed by atoms with Gasteiger partial charge in [0.15, 0.2) is 18.2 Å². The molecule has 0 saturated carbocycles. The maximum Gasteiger partial charge on any atom is 0.165 e. The fourth-order valence-corrected chi connectivity index (χ4v) is 3.44. The van der Waals surface area contributed by atoms with Gasteiger partial charge >= 0.3 is 0 Å². The molecule has 3 nitrogen and oxygen atoms in total. The van der Waals surface area contributed by atoms with Crippen molar-refractivity contribution in [3.8, 4) is 16.9 Å². The summed E-state index contributed by atoms with van der Waals surface area (Å²) in [5.41, 5.74) is 5.86. The summed E-state index contributed by atoms with van der Waals surface area (Å²) in [7, 11) is 0. The number of aryl methyl sites for hydroxylation is 1. The molecule has 142 valence electrons. The molecule has 3 aromatic rings. The first-order chi connectivity index (χ1) is 13.8. The van der Waals surface area contributed by atoms with Crippen LogP contribution in [0.4, 0.5) is 4.39 Å². The lowest BCUT2D eigenvalue weighted by molar-refractivity contribution is 0.105. The van der Waals surface area contributed by atoms with Crippen molar-refractivity contribution in [2.24, 2.45) is 5.16 Å². The molecule has 0 aliphatic heterocycles. The van der Waals surface area contributed by atoms with Gasteiger partial charge in [0.1, 0.15) is 6.61 Å². The molecule has 28 heavy (non-hydrogen) atoms. The van der Waals surface area contributed by atoms with Crippen molar-refractivity contribution < 1.29 is 14.0 Å². The van der Waals surface area contributed by atoms with E-state index in [-0.39, 0.29) is 24.8 Å². The van der Waals surface area contributed by atoms with Crippen LogP contribution in [0.2, 0.25) is 0 Å². The van der Waals surface area contributed by atoms with Gasteiger partial charge in [-0.15, -0.1) is 0 Å².